The summed E-state index contributed by atoms with van der Waals surface area (Å²) in [6, 6.07) is 12.9. The van der Waals surface area contributed by atoms with Crippen LogP contribution in [0.15, 0.2) is 58.4 Å². The molecule has 8 nitrogen and oxygen atoms in total. The first kappa shape index (κ1) is 23.8. The predicted octanol–water partition coefficient (Wildman–Crippen LogP) is 3.59. The number of nitrogens with one attached hydrogen (secondary N) is 1. The normalized spacial score (nSPS) is 15.5. The number of sulfonamides is 1. The summed E-state index contributed by atoms with van der Waals surface area (Å²) in [6.07, 6.45) is 2.97. The fraction of sp³-hybridized carbons (Fsp3) is 0.360. The Morgan fingerprint density at radius 3 is 2.57 bits per heavy atom. The number of fused-ring (bicyclic) bond motifs is 2. The van der Waals surface area contributed by atoms with Crippen molar-refractivity contribution in [3.63, 3.8) is 0 Å². The zero-order valence-electron chi connectivity index (χ0n) is 19.7. The number of benzene rings is 2. The molecule has 2 aromatic heterocycles. The van der Waals surface area contributed by atoms with Gasteiger partial charge in [0.15, 0.2) is 0 Å². The molecule has 4 aromatic rings. The van der Waals surface area contributed by atoms with Crippen LogP contribution < -0.4 is 4.87 Å². The van der Waals surface area contributed by atoms with Gasteiger partial charge in [0, 0.05) is 55.7 Å². The van der Waals surface area contributed by atoms with Crippen LogP contribution in [0.4, 0.5) is 0 Å². The molecule has 0 aliphatic carbocycles. The molecular weight excluding hydrogens is 484 g/mol. The van der Waals surface area contributed by atoms with E-state index in [1.807, 2.05) is 44.3 Å². The molecule has 1 fully saturated rings. The molecule has 1 aliphatic rings. The second-order valence-corrected chi connectivity index (χ2v) is 12.0. The summed E-state index contributed by atoms with van der Waals surface area (Å²) in [5.74, 6) is 0.0357. The van der Waals surface area contributed by atoms with Gasteiger partial charge in [-0.25, -0.2) is 8.42 Å². The third kappa shape index (κ3) is 4.41. The largest absolute Gasteiger partial charge is 0.361 e. The molecule has 184 valence electrons. The number of aromatic nitrogens is 2. The number of para-hydroxylation sites is 1. The molecule has 2 aromatic carbocycles. The van der Waals surface area contributed by atoms with Crippen LogP contribution in [0.2, 0.25) is 0 Å². The lowest BCUT2D eigenvalue weighted by atomic mass is 10.1. The second kappa shape index (κ2) is 9.25. The number of aromatic amines is 1. The minimum absolute atomic E-state index is 0.000266. The first-order chi connectivity index (χ1) is 16.8. The maximum absolute atomic E-state index is 13.3. The molecule has 0 spiro atoms. The molecular formula is C25H28N4O4S2. The molecule has 35 heavy (non-hydrogen) atoms. The summed E-state index contributed by atoms with van der Waals surface area (Å²) < 4.78 is 30.3. The number of hydrogen-bond acceptors (Lipinski definition) is 5. The number of piperazine rings is 1. The fourth-order valence-electron chi connectivity index (χ4n) is 4.73. The number of aryl methyl sites for hydroxylation is 1. The van der Waals surface area contributed by atoms with Crippen LogP contribution in [0.1, 0.15) is 31.9 Å². The predicted molar refractivity (Wildman–Crippen MR) is 138 cm³/mol. The first-order valence-corrected chi connectivity index (χ1v) is 14.0. The Kier molecular flexibility index (Phi) is 6.29. The quantitative estimate of drug-likeness (QED) is 0.427. The van der Waals surface area contributed by atoms with Crippen molar-refractivity contribution in [2.75, 3.05) is 26.2 Å². The Hall–Kier alpha value is -2.95. The van der Waals surface area contributed by atoms with Crippen LogP contribution >= 0.6 is 11.3 Å². The van der Waals surface area contributed by atoms with E-state index in [1.54, 1.807) is 27.7 Å². The van der Waals surface area contributed by atoms with Crippen molar-refractivity contribution in [1.29, 1.82) is 0 Å². The lowest BCUT2D eigenvalue weighted by Crippen LogP contribution is -2.50. The zero-order chi connectivity index (χ0) is 24.7. The highest BCUT2D eigenvalue weighted by molar-refractivity contribution is 7.89. The molecule has 1 amide bonds. The Labute approximate surface area is 207 Å². The van der Waals surface area contributed by atoms with Crippen molar-refractivity contribution in [2.24, 2.45) is 0 Å². The second-order valence-electron chi connectivity index (χ2n) is 9.11. The van der Waals surface area contributed by atoms with E-state index >= 15 is 0 Å². The van der Waals surface area contributed by atoms with Gasteiger partial charge in [0.2, 0.25) is 15.9 Å². The maximum Gasteiger partial charge on any atom is 0.308 e. The number of hydrogen-bond donors (Lipinski definition) is 1. The smallest absolute Gasteiger partial charge is 0.308 e. The average Bonchev–Trinajstić information content (AvgIpc) is 3.42. The van der Waals surface area contributed by atoms with Crippen molar-refractivity contribution in [1.82, 2.24) is 18.8 Å². The topological polar surface area (TPSA) is 95.5 Å². The summed E-state index contributed by atoms with van der Waals surface area (Å²) in [7, 11) is -3.71. The molecule has 0 bridgehead atoms. The van der Waals surface area contributed by atoms with E-state index in [9.17, 15) is 18.0 Å². The van der Waals surface area contributed by atoms with E-state index in [0.29, 0.717) is 30.6 Å². The highest BCUT2D eigenvalue weighted by atomic mass is 32.2. The van der Waals surface area contributed by atoms with E-state index in [4.69, 9.17) is 0 Å². The first-order valence-electron chi connectivity index (χ1n) is 11.7. The van der Waals surface area contributed by atoms with Crippen molar-refractivity contribution in [3.05, 3.63) is 63.9 Å². The highest BCUT2D eigenvalue weighted by Crippen LogP contribution is 2.26. The SMILES string of the molecule is CC(C)n1c(=O)sc2cc(S(=O)(=O)N3CCN(C(=O)CCc4c[nH]c5ccccc45)CC3)ccc21. The Morgan fingerprint density at radius 1 is 1.09 bits per heavy atom. The van der Waals surface area contributed by atoms with Crippen molar-refractivity contribution in [3.8, 4) is 0 Å². The van der Waals surface area contributed by atoms with Crippen LogP contribution in [-0.2, 0) is 21.2 Å². The monoisotopic (exact) mass is 512 g/mol. The van der Waals surface area contributed by atoms with Crippen LogP contribution in [0.5, 0.6) is 0 Å². The molecule has 0 radical (unpaired) electrons. The van der Waals surface area contributed by atoms with Gasteiger partial charge in [-0.2, -0.15) is 4.31 Å². The van der Waals surface area contributed by atoms with Crippen molar-refractivity contribution >= 4 is 48.4 Å². The van der Waals surface area contributed by atoms with Gasteiger partial charge < -0.3 is 9.88 Å². The average molecular weight is 513 g/mol. The molecule has 3 heterocycles. The molecule has 1 aliphatic heterocycles. The molecule has 5 rings (SSSR count). The summed E-state index contributed by atoms with van der Waals surface area (Å²) >= 11 is 1.06. The minimum atomic E-state index is -3.71. The minimum Gasteiger partial charge on any atom is -0.361 e. The lowest BCUT2D eigenvalue weighted by molar-refractivity contribution is -0.132. The van der Waals surface area contributed by atoms with E-state index in [-0.39, 0.29) is 34.8 Å². The summed E-state index contributed by atoms with van der Waals surface area (Å²) in [5, 5.41) is 1.13. The van der Waals surface area contributed by atoms with E-state index in [2.05, 4.69) is 4.98 Å². The fourth-order valence-corrected chi connectivity index (χ4v) is 7.31. The van der Waals surface area contributed by atoms with Gasteiger partial charge in [0.25, 0.3) is 0 Å². The standard InChI is InChI=1S/C25H28N4O4S2/c1-17(2)29-22-9-8-19(15-23(22)34-25(29)31)35(32,33)28-13-11-27(12-14-28)24(30)10-7-18-16-26-21-6-4-3-5-20(18)21/h3-6,8-9,15-17,26H,7,10-14H2,1-2H3. The number of H-pyrrole nitrogens is 1. The van der Waals surface area contributed by atoms with Crippen LogP contribution in [-0.4, -0.2) is 59.3 Å². The molecule has 1 N–H and O–H groups in total. The van der Waals surface area contributed by atoms with Gasteiger partial charge in [-0.15, -0.1) is 0 Å². The number of carbonyl (C=O) groups is 1. The lowest BCUT2D eigenvalue weighted by Gasteiger charge is -2.34. The summed E-state index contributed by atoms with van der Waals surface area (Å²) in [4.78, 5) is 30.2. The highest BCUT2D eigenvalue weighted by Gasteiger charge is 2.30. The van der Waals surface area contributed by atoms with E-state index < -0.39 is 10.0 Å². The third-order valence-corrected chi connectivity index (χ3v) is 9.43. The Balaban J connectivity index is 1.23. The van der Waals surface area contributed by atoms with Gasteiger partial charge in [-0.3, -0.25) is 14.2 Å². The van der Waals surface area contributed by atoms with Crippen molar-refractivity contribution in [2.45, 2.75) is 37.6 Å². The Bertz CT molecular complexity index is 1560. The van der Waals surface area contributed by atoms with E-state index in [1.165, 1.54) is 4.31 Å². The zero-order valence-corrected chi connectivity index (χ0v) is 21.4. The Morgan fingerprint density at radius 2 is 1.83 bits per heavy atom. The van der Waals surface area contributed by atoms with Gasteiger partial charge >= 0.3 is 4.87 Å². The van der Waals surface area contributed by atoms with Crippen LogP contribution in [0.25, 0.3) is 21.1 Å². The van der Waals surface area contributed by atoms with Crippen LogP contribution in [0, 0.1) is 0 Å². The maximum atomic E-state index is 13.3. The summed E-state index contributed by atoms with van der Waals surface area (Å²) in [5.41, 5.74) is 2.92. The van der Waals surface area contributed by atoms with Crippen LogP contribution in [0.3, 0.4) is 0 Å². The van der Waals surface area contributed by atoms with Gasteiger partial charge in [0.05, 0.1) is 15.1 Å². The molecule has 10 heteroatoms. The number of nitrogens with zero attached hydrogens (tertiary/aromatic N) is 3. The molecule has 0 saturated carbocycles. The third-order valence-electron chi connectivity index (χ3n) is 6.61. The molecule has 0 atom stereocenters. The van der Waals surface area contributed by atoms with Gasteiger partial charge in [0.1, 0.15) is 0 Å². The van der Waals surface area contributed by atoms with Gasteiger partial charge in [-0.1, -0.05) is 29.5 Å². The van der Waals surface area contributed by atoms with Crippen molar-refractivity contribution < 1.29 is 13.2 Å². The number of carbonyl (C=O) groups excluding carboxylic acids is 1. The van der Waals surface area contributed by atoms with E-state index in [0.717, 1.165) is 33.3 Å². The molecule has 1 saturated heterocycles. The number of amides is 1. The van der Waals surface area contributed by atoms with Gasteiger partial charge in [-0.05, 0) is 50.1 Å². The number of rotatable bonds is 6. The molecule has 0 unspecified atom stereocenters. The number of thiazole rings is 1. The summed E-state index contributed by atoms with van der Waals surface area (Å²) in [6.45, 7) is 5.10.